The lowest BCUT2D eigenvalue weighted by molar-refractivity contribution is 0.0375. The Morgan fingerprint density at radius 2 is 2.15 bits per heavy atom. The van der Waals surface area contributed by atoms with E-state index in [2.05, 4.69) is 15.5 Å². The molecule has 0 bridgehead atoms. The maximum Gasteiger partial charge on any atom is 0.319 e. The van der Waals surface area contributed by atoms with Gasteiger partial charge >= 0.3 is 6.03 Å². The van der Waals surface area contributed by atoms with Gasteiger partial charge < -0.3 is 15.4 Å². The normalized spacial score (nSPS) is 15.8. The summed E-state index contributed by atoms with van der Waals surface area (Å²) in [4.78, 5) is 13.9. The lowest BCUT2D eigenvalue weighted by Crippen LogP contribution is -2.38. The second-order valence-electron chi connectivity index (χ2n) is 4.70. The predicted octanol–water partition coefficient (Wildman–Crippen LogP) is 1.67. The van der Waals surface area contributed by atoms with Crippen LogP contribution in [0.4, 0.5) is 14.9 Å². The summed E-state index contributed by atoms with van der Waals surface area (Å²) in [7, 11) is 0. The van der Waals surface area contributed by atoms with Crippen molar-refractivity contribution in [2.45, 2.75) is 6.42 Å². The Balaban J connectivity index is 1.60. The Labute approximate surface area is 118 Å². The zero-order chi connectivity index (χ0) is 14.2. The molecule has 1 aromatic carbocycles. The Morgan fingerprint density at radius 3 is 2.90 bits per heavy atom. The fourth-order valence-electron chi connectivity index (χ4n) is 2.07. The van der Waals surface area contributed by atoms with Crippen LogP contribution in [0.3, 0.4) is 0 Å². The summed E-state index contributed by atoms with van der Waals surface area (Å²) >= 11 is 0. The zero-order valence-corrected chi connectivity index (χ0v) is 11.4. The number of carbonyl (C=O) groups excluding carboxylic acids is 1. The highest BCUT2D eigenvalue weighted by atomic mass is 19.1. The van der Waals surface area contributed by atoms with Gasteiger partial charge in [-0.2, -0.15) is 0 Å². The van der Waals surface area contributed by atoms with Crippen LogP contribution < -0.4 is 10.6 Å². The fraction of sp³-hybridized carbons (Fsp3) is 0.500. The average molecular weight is 281 g/mol. The van der Waals surface area contributed by atoms with E-state index in [0.29, 0.717) is 12.2 Å². The van der Waals surface area contributed by atoms with Crippen molar-refractivity contribution in [1.82, 2.24) is 10.2 Å². The van der Waals surface area contributed by atoms with E-state index in [4.69, 9.17) is 4.74 Å². The van der Waals surface area contributed by atoms with Crippen LogP contribution in [0.2, 0.25) is 0 Å². The first-order valence-electron chi connectivity index (χ1n) is 6.84. The minimum absolute atomic E-state index is 0.308. The second kappa shape index (κ2) is 7.81. The van der Waals surface area contributed by atoms with Crippen molar-refractivity contribution in [2.75, 3.05) is 44.7 Å². The van der Waals surface area contributed by atoms with Crippen LogP contribution in [-0.4, -0.2) is 50.3 Å². The molecule has 1 fully saturated rings. The number of nitrogens with one attached hydrogen (secondary N) is 2. The highest BCUT2D eigenvalue weighted by Crippen LogP contribution is 2.08. The quantitative estimate of drug-likeness (QED) is 0.807. The first kappa shape index (κ1) is 14.7. The maximum absolute atomic E-state index is 12.9. The number of carbonyl (C=O) groups is 1. The summed E-state index contributed by atoms with van der Waals surface area (Å²) < 4.78 is 18.2. The van der Waals surface area contributed by atoms with Crippen molar-refractivity contribution in [2.24, 2.45) is 0 Å². The summed E-state index contributed by atoms with van der Waals surface area (Å²) in [5.74, 6) is -0.366. The van der Waals surface area contributed by atoms with Gasteiger partial charge in [-0.15, -0.1) is 0 Å². The van der Waals surface area contributed by atoms with E-state index in [-0.39, 0.29) is 11.8 Å². The fourth-order valence-corrected chi connectivity index (χ4v) is 2.07. The standard InChI is InChI=1S/C14H20FN3O2/c15-12-3-1-4-13(11-12)17-14(19)16-5-2-6-18-7-9-20-10-8-18/h1,3-4,11H,2,5-10H2,(H2,16,17,19). The van der Waals surface area contributed by atoms with Crippen LogP contribution in [0.15, 0.2) is 24.3 Å². The Bertz CT molecular complexity index is 436. The molecule has 1 saturated heterocycles. The number of ether oxygens (including phenoxy) is 1. The highest BCUT2D eigenvalue weighted by Gasteiger charge is 2.09. The predicted molar refractivity (Wildman–Crippen MR) is 75.3 cm³/mol. The van der Waals surface area contributed by atoms with E-state index in [1.54, 1.807) is 12.1 Å². The number of halogens is 1. The molecule has 20 heavy (non-hydrogen) atoms. The molecule has 2 N–H and O–H groups in total. The van der Waals surface area contributed by atoms with Crippen molar-refractivity contribution < 1.29 is 13.9 Å². The molecule has 0 atom stereocenters. The second-order valence-corrected chi connectivity index (χ2v) is 4.70. The highest BCUT2D eigenvalue weighted by molar-refractivity contribution is 5.89. The van der Waals surface area contributed by atoms with Gasteiger partial charge in [-0.05, 0) is 31.2 Å². The number of nitrogens with zero attached hydrogens (tertiary/aromatic N) is 1. The van der Waals surface area contributed by atoms with Gasteiger partial charge in [-0.3, -0.25) is 4.90 Å². The van der Waals surface area contributed by atoms with Crippen molar-refractivity contribution in [1.29, 1.82) is 0 Å². The molecular formula is C14H20FN3O2. The van der Waals surface area contributed by atoms with Crippen LogP contribution in [0, 0.1) is 5.82 Å². The van der Waals surface area contributed by atoms with E-state index in [1.807, 2.05) is 0 Å². The smallest absolute Gasteiger partial charge is 0.319 e. The van der Waals surface area contributed by atoms with Gasteiger partial charge in [0.05, 0.1) is 13.2 Å². The molecule has 2 rings (SSSR count). The molecule has 6 heteroatoms. The number of morpholine rings is 1. The van der Waals surface area contributed by atoms with Gasteiger partial charge in [0.1, 0.15) is 5.82 Å². The van der Waals surface area contributed by atoms with E-state index < -0.39 is 0 Å². The molecule has 1 heterocycles. The van der Waals surface area contributed by atoms with E-state index in [1.165, 1.54) is 12.1 Å². The molecule has 110 valence electrons. The largest absolute Gasteiger partial charge is 0.379 e. The van der Waals surface area contributed by atoms with Crippen molar-refractivity contribution in [3.63, 3.8) is 0 Å². The van der Waals surface area contributed by atoms with Crippen LogP contribution in [0.25, 0.3) is 0 Å². The molecule has 0 aliphatic carbocycles. The molecule has 0 unspecified atom stereocenters. The maximum atomic E-state index is 12.9. The van der Waals surface area contributed by atoms with Crippen molar-refractivity contribution in [3.8, 4) is 0 Å². The summed E-state index contributed by atoms with van der Waals surface area (Å²) in [6.07, 6.45) is 0.885. The van der Waals surface area contributed by atoms with E-state index >= 15 is 0 Å². The molecule has 1 aliphatic heterocycles. The van der Waals surface area contributed by atoms with Gasteiger partial charge in [-0.25, -0.2) is 9.18 Å². The summed E-state index contributed by atoms with van der Waals surface area (Å²) in [6, 6.07) is 5.52. The van der Waals surface area contributed by atoms with Crippen LogP contribution >= 0.6 is 0 Å². The number of hydrogen-bond donors (Lipinski definition) is 2. The molecule has 0 saturated carbocycles. The Morgan fingerprint density at radius 1 is 1.35 bits per heavy atom. The third-order valence-electron chi connectivity index (χ3n) is 3.12. The molecule has 2 amide bonds. The molecule has 1 aliphatic rings. The number of amides is 2. The lowest BCUT2D eigenvalue weighted by atomic mass is 10.3. The number of anilines is 1. The van der Waals surface area contributed by atoms with Gasteiger partial charge in [0.2, 0.25) is 0 Å². The first-order valence-corrected chi connectivity index (χ1v) is 6.84. The summed E-state index contributed by atoms with van der Waals surface area (Å²) in [5.41, 5.74) is 0.454. The van der Waals surface area contributed by atoms with Crippen LogP contribution in [0.1, 0.15) is 6.42 Å². The minimum Gasteiger partial charge on any atom is -0.379 e. The number of rotatable bonds is 5. The average Bonchev–Trinajstić information content (AvgIpc) is 2.45. The van der Waals surface area contributed by atoms with E-state index in [0.717, 1.165) is 39.3 Å². The number of benzene rings is 1. The summed E-state index contributed by atoms with van der Waals surface area (Å²) in [5, 5.41) is 5.36. The van der Waals surface area contributed by atoms with Crippen molar-refractivity contribution in [3.05, 3.63) is 30.1 Å². The number of hydrogen-bond acceptors (Lipinski definition) is 3. The first-order chi connectivity index (χ1) is 9.74. The molecule has 0 spiro atoms. The molecule has 0 aromatic heterocycles. The molecular weight excluding hydrogens is 261 g/mol. The van der Waals surface area contributed by atoms with Crippen LogP contribution in [0.5, 0.6) is 0 Å². The van der Waals surface area contributed by atoms with Gasteiger partial charge in [-0.1, -0.05) is 6.07 Å². The number of urea groups is 1. The van der Waals surface area contributed by atoms with Gasteiger partial charge in [0.25, 0.3) is 0 Å². The van der Waals surface area contributed by atoms with Crippen LogP contribution in [-0.2, 0) is 4.74 Å². The Kier molecular flexibility index (Phi) is 5.76. The van der Waals surface area contributed by atoms with E-state index in [9.17, 15) is 9.18 Å². The molecule has 5 nitrogen and oxygen atoms in total. The SMILES string of the molecule is O=C(NCCCN1CCOCC1)Nc1cccc(F)c1. The molecule has 0 radical (unpaired) electrons. The Hall–Kier alpha value is -1.66. The van der Waals surface area contributed by atoms with Gasteiger partial charge in [0.15, 0.2) is 0 Å². The van der Waals surface area contributed by atoms with Crippen molar-refractivity contribution >= 4 is 11.7 Å². The monoisotopic (exact) mass is 281 g/mol. The summed E-state index contributed by atoms with van der Waals surface area (Å²) in [6.45, 7) is 5.02. The lowest BCUT2D eigenvalue weighted by Gasteiger charge is -2.26. The zero-order valence-electron chi connectivity index (χ0n) is 11.4. The minimum atomic E-state index is -0.366. The topological polar surface area (TPSA) is 53.6 Å². The van der Waals surface area contributed by atoms with Gasteiger partial charge in [0, 0.05) is 25.3 Å². The third-order valence-corrected chi connectivity index (χ3v) is 3.12. The molecule has 1 aromatic rings. The third kappa shape index (κ3) is 5.14.